The largest absolute Gasteiger partial charge is 0.493 e. The van der Waals surface area contributed by atoms with Crippen LogP contribution in [0, 0.1) is 0 Å². The van der Waals surface area contributed by atoms with Crippen LogP contribution in [0.25, 0.3) is 0 Å². The Bertz CT molecular complexity index is 1020. The highest BCUT2D eigenvalue weighted by Gasteiger charge is 2.54. The standard InChI is InChI=1S/C23H27NO6/c1-23-15-9-18(28-5)21-20(29-11-30-21)14(15)10-24(2)22(23)13-8-17(27-4)16(26-3)6-12(13)7-19(23)25/h6,8-9,19,22,25H,7,10-11H2,1-5H3/t19-,22+,23-/m1/s1. The summed E-state index contributed by atoms with van der Waals surface area (Å²) in [6.07, 6.45) is -0.0770. The molecule has 5 rings (SSSR count). The van der Waals surface area contributed by atoms with Crippen molar-refractivity contribution in [3.63, 3.8) is 0 Å². The fraction of sp³-hybridized carbons (Fsp3) is 0.478. The first-order chi connectivity index (χ1) is 14.4. The van der Waals surface area contributed by atoms with Crippen molar-refractivity contribution in [1.82, 2.24) is 4.90 Å². The highest BCUT2D eigenvalue weighted by atomic mass is 16.7. The number of methoxy groups -OCH3 is 3. The van der Waals surface area contributed by atoms with Gasteiger partial charge in [-0.3, -0.25) is 4.90 Å². The Morgan fingerprint density at radius 2 is 1.67 bits per heavy atom. The highest BCUT2D eigenvalue weighted by molar-refractivity contribution is 5.64. The van der Waals surface area contributed by atoms with Crippen LogP contribution in [0.2, 0.25) is 0 Å². The Balaban J connectivity index is 1.75. The topological polar surface area (TPSA) is 69.6 Å². The molecule has 2 aliphatic heterocycles. The number of likely N-dealkylation sites (N-methyl/N-ethyl adjacent to an activating group) is 1. The summed E-state index contributed by atoms with van der Waals surface area (Å²) in [6.45, 7) is 2.97. The second-order valence-corrected chi connectivity index (χ2v) is 8.40. The molecule has 1 N–H and O–H groups in total. The van der Waals surface area contributed by atoms with Gasteiger partial charge in [0.25, 0.3) is 0 Å². The van der Waals surface area contributed by atoms with E-state index in [0.717, 1.165) is 28.0 Å². The lowest BCUT2D eigenvalue weighted by molar-refractivity contribution is -0.000530. The van der Waals surface area contributed by atoms with Gasteiger partial charge in [0, 0.05) is 23.6 Å². The molecule has 3 aliphatic rings. The van der Waals surface area contributed by atoms with Gasteiger partial charge in [0.2, 0.25) is 12.5 Å². The molecule has 0 fully saturated rings. The summed E-state index contributed by atoms with van der Waals surface area (Å²) >= 11 is 0. The van der Waals surface area contributed by atoms with Gasteiger partial charge in [-0.05, 0) is 48.4 Å². The van der Waals surface area contributed by atoms with Gasteiger partial charge in [0.15, 0.2) is 23.0 Å². The molecule has 7 heteroatoms. The van der Waals surface area contributed by atoms with Gasteiger partial charge in [-0.15, -0.1) is 0 Å². The van der Waals surface area contributed by atoms with E-state index in [1.165, 1.54) is 0 Å². The minimum Gasteiger partial charge on any atom is -0.493 e. The third kappa shape index (κ3) is 2.39. The van der Waals surface area contributed by atoms with Crippen LogP contribution in [-0.4, -0.2) is 51.3 Å². The van der Waals surface area contributed by atoms with Crippen molar-refractivity contribution in [2.75, 3.05) is 35.2 Å². The molecule has 2 heterocycles. The maximum absolute atomic E-state index is 11.5. The molecule has 7 nitrogen and oxygen atoms in total. The Hall–Kier alpha value is -2.64. The molecule has 0 unspecified atom stereocenters. The van der Waals surface area contributed by atoms with Crippen molar-refractivity contribution in [3.8, 4) is 28.7 Å². The molecule has 160 valence electrons. The minimum atomic E-state index is -0.598. The second-order valence-electron chi connectivity index (χ2n) is 8.40. The number of ether oxygens (including phenoxy) is 5. The monoisotopic (exact) mass is 413 g/mol. The van der Waals surface area contributed by atoms with E-state index in [9.17, 15) is 5.11 Å². The van der Waals surface area contributed by atoms with Crippen molar-refractivity contribution in [3.05, 3.63) is 40.5 Å². The number of hydrogen-bond donors (Lipinski definition) is 1. The van der Waals surface area contributed by atoms with Gasteiger partial charge in [-0.1, -0.05) is 6.92 Å². The van der Waals surface area contributed by atoms with Crippen molar-refractivity contribution in [2.24, 2.45) is 0 Å². The molecule has 2 aromatic carbocycles. The van der Waals surface area contributed by atoms with Gasteiger partial charge in [-0.25, -0.2) is 0 Å². The zero-order chi connectivity index (χ0) is 21.2. The van der Waals surface area contributed by atoms with Crippen LogP contribution < -0.4 is 23.7 Å². The van der Waals surface area contributed by atoms with Crippen LogP contribution in [0.1, 0.15) is 35.2 Å². The van der Waals surface area contributed by atoms with Crippen LogP contribution in [0.5, 0.6) is 28.7 Å². The molecule has 0 spiro atoms. The predicted molar refractivity (Wildman–Crippen MR) is 110 cm³/mol. The van der Waals surface area contributed by atoms with E-state index < -0.39 is 11.5 Å². The maximum atomic E-state index is 11.5. The van der Waals surface area contributed by atoms with Gasteiger partial charge >= 0.3 is 0 Å². The Morgan fingerprint density at radius 3 is 2.37 bits per heavy atom. The van der Waals surface area contributed by atoms with E-state index in [2.05, 4.69) is 24.9 Å². The molecule has 1 aliphatic carbocycles. The molecule has 0 amide bonds. The summed E-state index contributed by atoms with van der Waals surface area (Å²) in [5.41, 5.74) is 3.74. The first-order valence-electron chi connectivity index (χ1n) is 10.1. The Kier molecular flexibility index (Phi) is 4.31. The molecular weight excluding hydrogens is 386 g/mol. The molecular formula is C23H27NO6. The van der Waals surface area contributed by atoms with Crippen molar-refractivity contribution in [1.29, 1.82) is 0 Å². The normalized spacial score (nSPS) is 26.5. The summed E-state index contributed by atoms with van der Waals surface area (Å²) in [4.78, 5) is 2.27. The lowest BCUT2D eigenvalue weighted by Crippen LogP contribution is -2.55. The number of fused-ring (bicyclic) bond motifs is 7. The smallest absolute Gasteiger partial charge is 0.231 e. The average molecular weight is 413 g/mol. The number of benzene rings is 2. The van der Waals surface area contributed by atoms with E-state index in [1.807, 2.05) is 12.1 Å². The van der Waals surface area contributed by atoms with Crippen LogP contribution >= 0.6 is 0 Å². The molecule has 2 aromatic rings. The predicted octanol–water partition coefficient (Wildman–Crippen LogP) is 2.80. The van der Waals surface area contributed by atoms with Crippen LogP contribution in [0.4, 0.5) is 0 Å². The molecule has 30 heavy (non-hydrogen) atoms. The first-order valence-corrected chi connectivity index (χ1v) is 10.1. The SMILES string of the molecule is COc1cc2c(cc1OC)[C@@H]1N(C)Cc3c(cc(OC)c4c3OCO4)[C@]1(C)[C@H](O)C2. The third-order valence-corrected chi connectivity index (χ3v) is 6.97. The number of hydrogen-bond acceptors (Lipinski definition) is 7. The first kappa shape index (κ1) is 19.3. The summed E-state index contributed by atoms with van der Waals surface area (Å²) in [6, 6.07) is 6.00. The lowest BCUT2D eigenvalue weighted by Gasteiger charge is -2.53. The van der Waals surface area contributed by atoms with Crippen molar-refractivity contribution in [2.45, 2.75) is 37.5 Å². The van der Waals surface area contributed by atoms with Crippen LogP contribution in [0.15, 0.2) is 18.2 Å². The summed E-state index contributed by atoms with van der Waals surface area (Å²) < 4.78 is 28.2. The van der Waals surface area contributed by atoms with Crippen molar-refractivity contribution < 1.29 is 28.8 Å². The van der Waals surface area contributed by atoms with E-state index in [0.29, 0.717) is 36.0 Å². The fourth-order valence-corrected chi connectivity index (χ4v) is 5.54. The van der Waals surface area contributed by atoms with E-state index in [1.54, 1.807) is 21.3 Å². The average Bonchev–Trinajstić information content (AvgIpc) is 3.23. The van der Waals surface area contributed by atoms with E-state index in [4.69, 9.17) is 23.7 Å². The molecule has 0 radical (unpaired) electrons. The van der Waals surface area contributed by atoms with Crippen LogP contribution in [0.3, 0.4) is 0 Å². The summed E-state index contributed by atoms with van der Waals surface area (Å²) in [7, 11) is 6.98. The van der Waals surface area contributed by atoms with Crippen LogP contribution in [-0.2, 0) is 18.4 Å². The van der Waals surface area contributed by atoms with Gasteiger partial charge in [-0.2, -0.15) is 0 Å². The van der Waals surface area contributed by atoms with Gasteiger partial charge in [0.05, 0.1) is 27.4 Å². The molecule has 3 atom stereocenters. The van der Waals surface area contributed by atoms with Gasteiger partial charge in [0.1, 0.15) is 0 Å². The molecule has 0 saturated heterocycles. The second kappa shape index (κ2) is 6.68. The third-order valence-electron chi connectivity index (χ3n) is 6.97. The van der Waals surface area contributed by atoms with Gasteiger partial charge < -0.3 is 28.8 Å². The number of aliphatic hydroxyl groups is 1. The minimum absolute atomic E-state index is 0.0476. The maximum Gasteiger partial charge on any atom is 0.231 e. The number of nitrogens with zero attached hydrogens (tertiary/aromatic N) is 1. The van der Waals surface area contributed by atoms with E-state index >= 15 is 0 Å². The fourth-order valence-electron chi connectivity index (χ4n) is 5.54. The number of rotatable bonds is 3. The Labute approximate surface area is 176 Å². The van der Waals surface area contributed by atoms with E-state index in [-0.39, 0.29) is 12.8 Å². The molecule has 0 bridgehead atoms. The lowest BCUT2D eigenvalue weighted by atomic mass is 9.60. The zero-order valence-electron chi connectivity index (χ0n) is 17.9. The molecule has 0 aromatic heterocycles. The number of aliphatic hydroxyl groups excluding tert-OH is 1. The quantitative estimate of drug-likeness (QED) is 0.830. The highest BCUT2D eigenvalue weighted by Crippen LogP contribution is 2.58. The van der Waals surface area contributed by atoms with Crippen molar-refractivity contribution >= 4 is 0 Å². The zero-order valence-corrected chi connectivity index (χ0v) is 17.9. The Morgan fingerprint density at radius 1 is 1.00 bits per heavy atom. The summed E-state index contributed by atoms with van der Waals surface area (Å²) in [5.74, 6) is 3.37. The summed E-state index contributed by atoms with van der Waals surface area (Å²) in [5, 5.41) is 11.5. The molecule has 0 saturated carbocycles.